The van der Waals surface area contributed by atoms with E-state index in [1.54, 1.807) is 0 Å². The van der Waals surface area contributed by atoms with Gasteiger partial charge in [-0.2, -0.15) is 0 Å². The average Bonchev–Trinajstić information content (AvgIpc) is 3.86. The molecule has 0 N–H and O–H groups in total. The van der Waals surface area contributed by atoms with Gasteiger partial charge >= 0.3 is 0 Å². The quantitative estimate of drug-likeness (QED) is 0.163. The standard InChI is InChI=1S/C54H33NOS/c1-2-12-38-32-39(24-20-34(38)10-1)35-26-28-41(29-27-35)55(47-16-9-18-50-53(47)44-14-5-7-17-49(44)56-50)48-31-30-43(52-45-15-6-8-19-51(45)57-54(48)52)40-25-23-37-22-21-36-11-3-4-13-42(36)46(37)33-40/h1-33H. The van der Waals surface area contributed by atoms with Gasteiger partial charge in [-0.1, -0.05) is 146 Å². The largest absolute Gasteiger partial charge is 0.456 e. The van der Waals surface area contributed by atoms with Crippen molar-refractivity contribution < 1.29 is 4.42 Å². The summed E-state index contributed by atoms with van der Waals surface area (Å²) in [5.41, 5.74) is 9.90. The molecule has 0 aliphatic rings. The van der Waals surface area contributed by atoms with Gasteiger partial charge in [-0.05, 0) is 109 Å². The van der Waals surface area contributed by atoms with E-state index >= 15 is 0 Å². The summed E-state index contributed by atoms with van der Waals surface area (Å²) in [5, 5.41) is 12.3. The van der Waals surface area contributed by atoms with Crippen molar-refractivity contribution in [3.8, 4) is 22.3 Å². The van der Waals surface area contributed by atoms with Crippen LogP contribution in [-0.4, -0.2) is 0 Å². The number of thiophene rings is 1. The maximum absolute atomic E-state index is 6.48. The predicted molar refractivity (Wildman–Crippen MR) is 245 cm³/mol. The van der Waals surface area contributed by atoms with Crippen molar-refractivity contribution in [1.29, 1.82) is 0 Å². The van der Waals surface area contributed by atoms with Crippen molar-refractivity contribution in [3.05, 3.63) is 200 Å². The van der Waals surface area contributed by atoms with Gasteiger partial charge in [0.15, 0.2) is 0 Å². The number of hydrogen-bond donors (Lipinski definition) is 0. The minimum Gasteiger partial charge on any atom is -0.456 e. The van der Waals surface area contributed by atoms with Gasteiger partial charge in [-0.3, -0.25) is 0 Å². The Hall–Kier alpha value is -7.20. The Labute approximate surface area is 333 Å². The Kier molecular flexibility index (Phi) is 7.13. The molecule has 0 spiro atoms. The van der Waals surface area contributed by atoms with Gasteiger partial charge < -0.3 is 9.32 Å². The van der Waals surface area contributed by atoms with Crippen LogP contribution in [0.5, 0.6) is 0 Å². The molecule has 0 saturated carbocycles. The topological polar surface area (TPSA) is 16.4 Å². The number of furan rings is 1. The molecule has 266 valence electrons. The summed E-state index contributed by atoms with van der Waals surface area (Å²) in [6.07, 6.45) is 0. The van der Waals surface area contributed by atoms with Crippen molar-refractivity contribution in [2.24, 2.45) is 0 Å². The highest BCUT2D eigenvalue weighted by Crippen LogP contribution is 2.50. The second kappa shape index (κ2) is 12.7. The Bertz CT molecular complexity index is 3540. The molecular formula is C54H33NOS. The average molecular weight is 744 g/mol. The van der Waals surface area contributed by atoms with E-state index in [0.717, 1.165) is 39.0 Å². The monoisotopic (exact) mass is 743 g/mol. The van der Waals surface area contributed by atoms with Gasteiger partial charge in [-0.25, -0.2) is 0 Å². The molecule has 0 amide bonds. The second-order valence-corrected chi connectivity index (χ2v) is 15.9. The number of nitrogens with zero attached hydrogens (tertiary/aromatic N) is 1. The first-order valence-corrected chi connectivity index (χ1v) is 20.2. The van der Waals surface area contributed by atoms with Crippen molar-refractivity contribution in [2.45, 2.75) is 0 Å². The minimum absolute atomic E-state index is 0.874. The highest BCUT2D eigenvalue weighted by atomic mass is 32.1. The van der Waals surface area contributed by atoms with Crippen LogP contribution in [0.4, 0.5) is 17.1 Å². The number of rotatable bonds is 5. The zero-order chi connectivity index (χ0) is 37.5. The lowest BCUT2D eigenvalue weighted by Gasteiger charge is -2.27. The van der Waals surface area contributed by atoms with Crippen molar-refractivity contribution in [1.82, 2.24) is 0 Å². The molecule has 2 heterocycles. The van der Waals surface area contributed by atoms with E-state index in [9.17, 15) is 0 Å². The van der Waals surface area contributed by atoms with Gasteiger partial charge in [0.1, 0.15) is 11.2 Å². The third-order valence-corrected chi connectivity index (χ3v) is 12.8. The van der Waals surface area contributed by atoms with Crippen LogP contribution in [0.25, 0.3) is 96.7 Å². The molecule has 12 rings (SSSR count). The predicted octanol–water partition coefficient (Wildman–Crippen LogP) is 16.2. The Morgan fingerprint density at radius 2 is 1.02 bits per heavy atom. The molecule has 2 aromatic heterocycles. The van der Waals surface area contributed by atoms with Crippen LogP contribution < -0.4 is 4.90 Å². The lowest BCUT2D eigenvalue weighted by Crippen LogP contribution is -2.10. The second-order valence-electron chi connectivity index (χ2n) is 14.8. The van der Waals surface area contributed by atoms with Crippen LogP contribution >= 0.6 is 11.3 Å². The van der Waals surface area contributed by atoms with Gasteiger partial charge in [0.05, 0.1) is 21.5 Å². The van der Waals surface area contributed by atoms with Crippen LogP contribution in [0.2, 0.25) is 0 Å². The van der Waals surface area contributed by atoms with Crippen LogP contribution in [0.1, 0.15) is 0 Å². The lowest BCUT2D eigenvalue weighted by molar-refractivity contribution is 0.669. The van der Waals surface area contributed by atoms with Crippen LogP contribution in [0.15, 0.2) is 205 Å². The summed E-state index contributed by atoms with van der Waals surface area (Å²) in [6.45, 7) is 0. The first-order valence-electron chi connectivity index (χ1n) is 19.4. The smallest absolute Gasteiger partial charge is 0.137 e. The highest BCUT2D eigenvalue weighted by Gasteiger charge is 2.24. The molecule has 2 nitrogen and oxygen atoms in total. The van der Waals surface area contributed by atoms with Crippen molar-refractivity contribution >= 4 is 103 Å². The van der Waals surface area contributed by atoms with E-state index in [0.29, 0.717) is 0 Å². The fourth-order valence-electron chi connectivity index (χ4n) is 8.92. The molecule has 0 bridgehead atoms. The molecule has 0 fully saturated rings. The molecule has 0 saturated heterocycles. The summed E-state index contributed by atoms with van der Waals surface area (Å²) in [5.74, 6) is 0. The van der Waals surface area contributed by atoms with Crippen LogP contribution in [0.3, 0.4) is 0 Å². The SMILES string of the molecule is c1ccc2cc(-c3ccc(N(c4ccc(-c5ccc6ccc7ccccc7c6c5)c5c4sc4ccccc45)c4cccc5oc6ccccc6c45)cc3)ccc2c1. The van der Waals surface area contributed by atoms with E-state index in [2.05, 4.69) is 199 Å². The van der Waals surface area contributed by atoms with Gasteiger partial charge in [0.2, 0.25) is 0 Å². The molecule has 0 unspecified atom stereocenters. The zero-order valence-corrected chi connectivity index (χ0v) is 31.6. The van der Waals surface area contributed by atoms with Crippen molar-refractivity contribution in [2.75, 3.05) is 4.90 Å². The summed E-state index contributed by atoms with van der Waals surface area (Å²) in [6, 6.07) is 72.8. The Morgan fingerprint density at radius 1 is 0.368 bits per heavy atom. The molecular weight excluding hydrogens is 711 g/mol. The number of para-hydroxylation sites is 1. The molecule has 10 aromatic carbocycles. The summed E-state index contributed by atoms with van der Waals surface area (Å²) in [4.78, 5) is 2.45. The van der Waals surface area contributed by atoms with E-state index in [1.165, 1.54) is 74.7 Å². The van der Waals surface area contributed by atoms with Gasteiger partial charge in [0, 0.05) is 26.5 Å². The first kappa shape index (κ1) is 32.1. The van der Waals surface area contributed by atoms with Crippen LogP contribution in [-0.2, 0) is 0 Å². The maximum Gasteiger partial charge on any atom is 0.137 e. The number of anilines is 3. The molecule has 0 aliphatic carbocycles. The lowest BCUT2D eigenvalue weighted by atomic mass is 9.94. The normalized spacial score (nSPS) is 11.9. The van der Waals surface area contributed by atoms with E-state index < -0.39 is 0 Å². The summed E-state index contributed by atoms with van der Waals surface area (Å²) >= 11 is 1.87. The Morgan fingerprint density at radius 3 is 1.89 bits per heavy atom. The number of fused-ring (bicyclic) bond motifs is 10. The highest BCUT2D eigenvalue weighted by molar-refractivity contribution is 7.26. The van der Waals surface area contributed by atoms with E-state index in [1.807, 2.05) is 17.4 Å². The van der Waals surface area contributed by atoms with Gasteiger partial charge in [0.25, 0.3) is 0 Å². The molecule has 0 aliphatic heterocycles. The van der Waals surface area contributed by atoms with Crippen LogP contribution in [0, 0.1) is 0 Å². The molecule has 0 atom stereocenters. The Balaban J connectivity index is 1.11. The fraction of sp³-hybridized carbons (Fsp3) is 0. The minimum atomic E-state index is 0.874. The first-order chi connectivity index (χ1) is 28.2. The maximum atomic E-state index is 6.48. The number of hydrogen-bond acceptors (Lipinski definition) is 3. The fourth-order valence-corrected chi connectivity index (χ4v) is 10.2. The van der Waals surface area contributed by atoms with E-state index in [4.69, 9.17) is 4.42 Å². The van der Waals surface area contributed by atoms with Gasteiger partial charge in [-0.15, -0.1) is 11.3 Å². The molecule has 12 aromatic rings. The molecule has 3 heteroatoms. The van der Waals surface area contributed by atoms with E-state index in [-0.39, 0.29) is 0 Å². The summed E-state index contributed by atoms with van der Waals surface area (Å²) in [7, 11) is 0. The third kappa shape index (κ3) is 5.10. The number of benzene rings is 10. The third-order valence-electron chi connectivity index (χ3n) is 11.6. The van der Waals surface area contributed by atoms with Crippen molar-refractivity contribution in [3.63, 3.8) is 0 Å². The zero-order valence-electron chi connectivity index (χ0n) is 30.8. The molecule has 0 radical (unpaired) electrons. The summed E-state index contributed by atoms with van der Waals surface area (Å²) < 4.78 is 9.00. The molecule has 57 heavy (non-hydrogen) atoms.